The minimum absolute atomic E-state index is 0.0465. The van der Waals surface area contributed by atoms with Crippen LogP contribution in [0.2, 0.25) is 10.0 Å². The molecule has 0 heterocycles. The molecule has 0 saturated carbocycles. The summed E-state index contributed by atoms with van der Waals surface area (Å²) in [5.74, 6) is 0.789. The van der Waals surface area contributed by atoms with Crippen molar-refractivity contribution >= 4 is 62.7 Å². The number of thioether (sulfide) groups is 1. The van der Waals surface area contributed by atoms with Gasteiger partial charge in [0.15, 0.2) is 0 Å². The van der Waals surface area contributed by atoms with E-state index in [1.54, 1.807) is 17.0 Å². The highest BCUT2D eigenvalue weighted by molar-refractivity contribution is 9.10. The third-order valence-corrected chi connectivity index (χ3v) is 7.39. The molecule has 2 amide bonds. The topological polar surface area (TPSA) is 49.4 Å². The van der Waals surface area contributed by atoms with Gasteiger partial charge in [0.05, 0.1) is 15.8 Å². The number of hydrogen-bond donors (Lipinski definition) is 1. The van der Waals surface area contributed by atoms with E-state index in [0.717, 1.165) is 27.8 Å². The molecular formula is C24H29BrCl2N2O2S. The van der Waals surface area contributed by atoms with Gasteiger partial charge in [0.25, 0.3) is 0 Å². The molecular weight excluding hydrogens is 531 g/mol. The second kappa shape index (κ2) is 13.5. The molecule has 1 N–H and O–H groups in total. The van der Waals surface area contributed by atoms with Gasteiger partial charge >= 0.3 is 0 Å². The number of halogens is 3. The Labute approximate surface area is 213 Å². The Hall–Kier alpha value is -1.21. The van der Waals surface area contributed by atoms with Crippen LogP contribution in [0.5, 0.6) is 0 Å². The predicted molar refractivity (Wildman–Crippen MR) is 139 cm³/mol. The maximum absolute atomic E-state index is 13.3. The lowest BCUT2D eigenvalue weighted by Crippen LogP contribution is -2.51. The second-order valence-electron chi connectivity index (χ2n) is 7.63. The van der Waals surface area contributed by atoms with Gasteiger partial charge < -0.3 is 10.2 Å². The number of amides is 2. The quantitative estimate of drug-likeness (QED) is 0.333. The molecule has 0 saturated heterocycles. The zero-order valence-electron chi connectivity index (χ0n) is 18.5. The molecule has 0 aliphatic heterocycles. The van der Waals surface area contributed by atoms with Crippen LogP contribution in [0.1, 0.15) is 44.7 Å². The van der Waals surface area contributed by atoms with Crippen LogP contribution in [0.25, 0.3) is 0 Å². The largest absolute Gasteiger partial charge is 0.352 e. The van der Waals surface area contributed by atoms with Gasteiger partial charge in [-0.25, -0.2) is 0 Å². The predicted octanol–water partition coefficient (Wildman–Crippen LogP) is 6.71. The number of hydrogen-bond acceptors (Lipinski definition) is 3. The fraction of sp³-hybridized carbons (Fsp3) is 0.417. The van der Waals surface area contributed by atoms with Crippen molar-refractivity contribution in [3.63, 3.8) is 0 Å². The molecule has 2 aromatic carbocycles. The average molecular weight is 560 g/mol. The Bertz CT molecular complexity index is 911. The summed E-state index contributed by atoms with van der Waals surface area (Å²) >= 11 is 17.2. The summed E-state index contributed by atoms with van der Waals surface area (Å²) in [6.07, 6.45) is 1.35. The first kappa shape index (κ1) is 27.0. The van der Waals surface area contributed by atoms with E-state index in [9.17, 15) is 9.59 Å². The van der Waals surface area contributed by atoms with Gasteiger partial charge in [-0.15, -0.1) is 11.8 Å². The maximum Gasteiger partial charge on any atom is 0.243 e. The van der Waals surface area contributed by atoms with Crippen molar-refractivity contribution in [3.8, 4) is 0 Å². The number of carbonyl (C=O) groups excluding carboxylic acids is 2. The van der Waals surface area contributed by atoms with E-state index in [0.29, 0.717) is 23.0 Å². The number of carbonyl (C=O) groups is 2. The molecule has 2 aromatic rings. The highest BCUT2D eigenvalue weighted by atomic mass is 79.9. The highest BCUT2D eigenvalue weighted by Gasteiger charge is 2.29. The molecule has 2 atom stereocenters. The summed E-state index contributed by atoms with van der Waals surface area (Å²) in [7, 11) is 0. The van der Waals surface area contributed by atoms with Gasteiger partial charge in [-0.1, -0.05) is 71.2 Å². The fourth-order valence-electron chi connectivity index (χ4n) is 3.12. The average Bonchev–Trinajstić information content (AvgIpc) is 2.77. The Morgan fingerprint density at radius 2 is 1.69 bits per heavy atom. The molecule has 0 fully saturated rings. The van der Waals surface area contributed by atoms with Crippen molar-refractivity contribution in [2.45, 2.75) is 58.0 Å². The van der Waals surface area contributed by atoms with E-state index < -0.39 is 6.04 Å². The highest BCUT2D eigenvalue weighted by Crippen LogP contribution is 2.25. The second-order valence-corrected chi connectivity index (χ2v) is 10.3. The first-order valence-electron chi connectivity index (χ1n) is 10.6. The summed E-state index contributed by atoms with van der Waals surface area (Å²) in [5.41, 5.74) is 1.98. The van der Waals surface area contributed by atoms with E-state index in [-0.39, 0.29) is 23.6 Å². The van der Waals surface area contributed by atoms with Crippen molar-refractivity contribution in [1.82, 2.24) is 10.2 Å². The van der Waals surface area contributed by atoms with E-state index in [2.05, 4.69) is 21.2 Å². The van der Waals surface area contributed by atoms with Crippen LogP contribution in [-0.4, -0.2) is 34.6 Å². The van der Waals surface area contributed by atoms with Crippen LogP contribution in [-0.2, 0) is 21.9 Å². The molecule has 0 radical (unpaired) electrons. The Kier molecular flexibility index (Phi) is 11.4. The van der Waals surface area contributed by atoms with Gasteiger partial charge in [-0.05, 0) is 55.2 Å². The molecule has 0 aromatic heterocycles. The van der Waals surface area contributed by atoms with E-state index >= 15 is 0 Å². The molecule has 32 heavy (non-hydrogen) atoms. The van der Waals surface area contributed by atoms with Crippen LogP contribution in [0.15, 0.2) is 46.9 Å². The third-order valence-electron chi connectivity index (χ3n) is 5.13. The first-order chi connectivity index (χ1) is 15.2. The van der Waals surface area contributed by atoms with E-state index in [1.165, 1.54) is 11.8 Å². The number of rotatable bonds is 11. The SMILES string of the molecule is CC[C@H](C(=O)N[C@@H](C)CC)N(Cc1ccc(Cl)c(Cl)c1)C(=O)CSCc1ccc(Br)cc1. The smallest absolute Gasteiger partial charge is 0.243 e. The van der Waals surface area contributed by atoms with Crippen LogP contribution in [0, 0.1) is 0 Å². The third kappa shape index (κ3) is 8.29. The zero-order valence-corrected chi connectivity index (χ0v) is 22.5. The van der Waals surface area contributed by atoms with Gasteiger partial charge in [0, 0.05) is 22.8 Å². The van der Waals surface area contributed by atoms with Gasteiger partial charge in [-0.3, -0.25) is 9.59 Å². The number of nitrogens with one attached hydrogen (secondary N) is 1. The molecule has 0 bridgehead atoms. The maximum atomic E-state index is 13.3. The first-order valence-corrected chi connectivity index (χ1v) is 13.3. The fourth-order valence-corrected chi connectivity index (χ4v) is 4.57. The molecule has 0 aliphatic carbocycles. The van der Waals surface area contributed by atoms with E-state index in [4.69, 9.17) is 23.2 Å². The summed E-state index contributed by atoms with van der Waals surface area (Å²) in [6.45, 7) is 6.19. The molecule has 0 spiro atoms. The normalized spacial score (nSPS) is 12.8. The summed E-state index contributed by atoms with van der Waals surface area (Å²) in [5, 5.41) is 3.91. The minimum Gasteiger partial charge on any atom is -0.352 e. The van der Waals surface area contributed by atoms with E-state index in [1.807, 2.05) is 51.1 Å². The molecule has 4 nitrogen and oxygen atoms in total. The Morgan fingerprint density at radius 3 is 2.28 bits per heavy atom. The van der Waals surface area contributed by atoms with Crippen molar-refractivity contribution in [1.29, 1.82) is 0 Å². The standard InChI is InChI=1S/C24H29BrCl2N2O2S/c1-4-16(3)28-24(31)22(5-2)29(13-18-8-11-20(26)21(27)12-18)23(30)15-32-14-17-6-9-19(25)10-7-17/h6-12,16,22H,4-5,13-15H2,1-3H3,(H,28,31)/t16-,22+/m0/s1. The van der Waals surface area contributed by atoms with Gasteiger partial charge in [0.2, 0.25) is 11.8 Å². The van der Waals surface area contributed by atoms with Crippen LogP contribution in [0.4, 0.5) is 0 Å². The Morgan fingerprint density at radius 1 is 1.03 bits per heavy atom. The lowest BCUT2D eigenvalue weighted by atomic mass is 10.1. The van der Waals surface area contributed by atoms with Crippen LogP contribution < -0.4 is 5.32 Å². The summed E-state index contributed by atoms with van der Waals surface area (Å²) in [4.78, 5) is 27.9. The molecule has 174 valence electrons. The lowest BCUT2D eigenvalue weighted by Gasteiger charge is -2.31. The van der Waals surface area contributed by atoms with Gasteiger partial charge in [0.1, 0.15) is 6.04 Å². The van der Waals surface area contributed by atoms with Crippen LogP contribution >= 0.6 is 50.9 Å². The molecule has 2 rings (SSSR count). The molecule has 8 heteroatoms. The number of nitrogens with zero attached hydrogens (tertiary/aromatic N) is 1. The summed E-state index contributed by atoms with van der Waals surface area (Å²) in [6, 6.07) is 12.8. The lowest BCUT2D eigenvalue weighted by molar-refractivity contribution is -0.139. The van der Waals surface area contributed by atoms with Crippen molar-refractivity contribution in [2.75, 3.05) is 5.75 Å². The van der Waals surface area contributed by atoms with Crippen molar-refractivity contribution in [2.24, 2.45) is 0 Å². The minimum atomic E-state index is -0.556. The Balaban J connectivity index is 2.16. The van der Waals surface area contributed by atoms with Gasteiger partial charge in [-0.2, -0.15) is 0 Å². The molecule has 0 unspecified atom stereocenters. The van der Waals surface area contributed by atoms with Crippen molar-refractivity contribution in [3.05, 3.63) is 68.1 Å². The number of benzene rings is 2. The van der Waals surface area contributed by atoms with Crippen molar-refractivity contribution < 1.29 is 9.59 Å². The van der Waals surface area contributed by atoms with Crippen LogP contribution in [0.3, 0.4) is 0 Å². The zero-order chi connectivity index (χ0) is 23.7. The molecule has 0 aliphatic rings. The summed E-state index contributed by atoms with van der Waals surface area (Å²) < 4.78 is 1.02. The monoisotopic (exact) mass is 558 g/mol.